The van der Waals surface area contributed by atoms with Crippen LogP contribution in [0.1, 0.15) is 13.8 Å². The molecule has 2 N–H and O–H groups in total. The fraction of sp³-hybridized carbons (Fsp3) is 0.571. The summed E-state index contributed by atoms with van der Waals surface area (Å²) in [6.45, 7) is 5.19. The van der Waals surface area contributed by atoms with E-state index in [1.54, 1.807) is 0 Å². The van der Waals surface area contributed by atoms with E-state index >= 15 is 0 Å². The highest BCUT2D eigenvalue weighted by molar-refractivity contribution is 14.1. The summed E-state index contributed by atoms with van der Waals surface area (Å²) in [5.74, 6) is 1.34. The highest BCUT2D eigenvalue weighted by Crippen LogP contribution is 2.10. The second-order valence-corrected chi connectivity index (χ2v) is 4.07. The number of anilines is 1. The maximum absolute atomic E-state index is 5.69. The first kappa shape index (κ1) is 8.83. The number of hydrogen-bond donors (Lipinski definition) is 1. The van der Waals surface area contributed by atoms with Gasteiger partial charge in [-0.15, -0.1) is 0 Å². The van der Waals surface area contributed by atoms with Gasteiger partial charge in [0.05, 0.1) is 0 Å². The third kappa shape index (κ3) is 2.36. The summed E-state index contributed by atoms with van der Waals surface area (Å²) in [6.07, 6.45) is 0. The number of nitrogen functional groups attached to an aromatic ring is 1. The molecule has 0 fully saturated rings. The predicted octanol–water partition coefficient (Wildman–Crippen LogP) is 1.73. The molecule has 0 saturated heterocycles. The smallest absolute Gasteiger partial charge is 0.125 e. The maximum Gasteiger partial charge on any atom is 0.125 e. The van der Waals surface area contributed by atoms with Crippen LogP contribution in [0.3, 0.4) is 0 Å². The molecule has 0 unspecified atom stereocenters. The molecule has 0 radical (unpaired) electrons. The lowest BCUT2D eigenvalue weighted by Crippen LogP contribution is -2.09. The van der Waals surface area contributed by atoms with Gasteiger partial charge in [0.25, 0.3) is 0 Å². The summed E-state index contributed by atoms with van der Waals surface area (Å²) in [4.78, 5) is 0. The largest absolute Gasteiger partial charge is 0.384 e. The lowest BCUT2D eigenvalue weighted by Gasteiger charge is -2.05. The van der Waals surface area contributed by atoms with E-state index in [0.717, 1.165) is 16.1 Å². The van der Waals surface area contributed by atoms with Crippen LogP contribution in [-0.4, -0.2) is 9.78 Å². The average molecular weight is 265 g/mol. The summed E-state index contributed by atoms with van der Waals surface area (Å²) in [6, 6.07) is 1.88. The van der Waals surface area contributed by atoms with Crippen molar-refractivity contribution >= 4 is 28.4 Å². The Morgan fingerprint density at radius 2 is 2.36 bits per heavy atom. The second-order valence-electron chi connectivity index (χ2n) is 2.97. The number of halogens is 1. The molecule has 0 amide bonds. The normalized spacial score (nSPS) is 10.9. The molecule has 0 atom stereocenters. The molecule has 4 heteroatoms. The third-order valence-corrected chi connectivity index (χ3v) is 1.85. The SMILES string of the molecule is CC(C)Cn1nc(I)cc1N. The molecule has 1 rings (SSSR count). The molecule has 1 heterocycles. The molecule has 0 aliphatic carbocycles. The minimum Gasteiger partial charge on any atom is -0.384 e. The van der Waals surface area contributed by atoms with Gasteiger partial charge >= 0.3 is 0 Å². The maximum atomic E-state index is 5.69. The van der Waals surface area contributed by atoms with Crippen LogP contribution in [0.25, 0.3) is 0 Å². The molecule has 11 heavy (non-hydrogen) atoms. The number of nitrogens with two attached hydrogens (primary N) is 1. The Kier molecular flexibility index (Phi) is 2.75. The van der Waals surface area contributed by atoms with Gasteiger partial charge in [0, 0.05) is 12.6 Å². The molecule has 0 spiro atoms. The summed E-state index contributed by atoms with van der Waals surface area (Å²) in [7, 11) is 0. The van der Waals surface area contributed by atoms with Crippen LogP contribution in [0.2, 0.25) is 0 Å². The fourth-order valence-corrected chi connectivity index (χ4v) is 1.47. The molecule has 0 saturated carbocycles. The van der Waals surface area contributed by atoms with Gasteiger partial charge in [0.2, 0.25) is 0 Å². The summed E-state index contributed by atoms with van der Waals surface area (Å²) in [5, 5.41) is 4.23. The van der Waals surface area contributed by atoms with E-state index in [2.05, 4.69) is 41.5 Å². The van der Waals surface area contributed by atoms with Crippen molar-refractivity contribution in [2.24, 2.45) is 5.92 Å². The van der Waals surface area contributed by atoms with Crippen LogP contribution in [-0.2, 0) is 6.54 Å². The molecular weight excluding hydrogens is 253 g/mol. The predicted molar refractivity (Wildman–Crippen MR) is 54.2 cm³/mol. The van der Waals surface area contributed by atoms with Crippen molar-refractivity contribution < 1.29 is 0 Å². The van der Waals surface area contributed by atoms with Crippen molar-refractivity contribution in [3.05, 3.63) is 9.77 Å². The lowest BCUT2D eigenvalue weighted by molar-refractivity contribution is 0.487. The summed E-state index contributed by atoms with van der Waals surface area (Å²) >= 11 is 2.16. The Hall–Kier alpha value is -0.260. The molecule has 62 valence electrons. The Balaban J connectivity index is 2.77. The van der Waals surface area contributed by atoms with Crippen LogP contribution in [0, 0.1) is 9.62 Å². The van der Waals surface area contributed by atoms with Crippen LogP contribution < -0.4 is 5.73 Å². The van der Waals surface area contributed by atoms with Crippen molar-refractivity contribution in [2.75, 3.05) is 5.73 Å². The van der Waals surface area contributed by atoms with E-state index in [1.165, 1.54) is 0 Å². The highest BCUT2D eigenvalue weighted by atomic mass is 127. The lowest BCUT2D eigenvalue weighted by atomic mass is 10.2. The minimum atomic E-state index is 0.591. The average Bonchev–Trinajstić information content (AvgIpc) is 2.09. The fourth-order valence-electron chi connectivity index (χ4n) is 0.891. The van der Waals surface area contributed by atoms with Crippen molar-refractivity contribution in [1.82, 2.24) is 9.78 Å². The minimum absolute atomic E-state index is 0.591. The Labute approximate surface area is 80.1 Å². The number of rotatable bonds is 2. The molecule has 3 nitrogen and oxygen atoms in total. The first-order chi connectivity index (χ1) is 5.09. The zero-order valence-electron chi connectivity index (χ0n) is 6.71. The quantitative estimate of drug-likeness (QED) is 0.827. The Bertz CT molecular complexity index is 242. The van der Waals surface area contributed by atoms with Crippen molar-refractivity contribution in [3.8, 4) is 0 Å². The topological polar surface area (TPSA) is 43.8 Å². The molecule has 0 aliphatic heterocycles. The van der Waals surface area contributed by atoms with Crippen molar-refractivity contribution in [1.29, 1.82) is 0 Å². The second kappa shape index (κ2) is 3.42. The van der Waals surface area contributed by atoms with E-state index in [-0.39, 0.29) is 0 Å². The van der Waals surface area contributed by atoms with Gasteiger partial charge in [-0.05, 0) is 28.5 Å². The van der Waals surface area contributed by atoms with Crippen LogP contribution in [0.5, 0.6) is 0 Å². The molecule has 0 aliphatic rings. The van der Waals surface area contributed by atoms with Gasteiger partial charge in [-0.3, -0.25) is 0 Å². The van der Waals surface area contributed by atoms with Gasteiger partial charge < -0.3 is 5.73 Å². The van der Waals surface area contributed by atoms with E-state index in [9.17, 15) is 0 Å². The van der Waals surface area contributed by atoms with Crippen LogP contribution >= 0.6 is 22.6 Å². The first-order valence-electron chi connectivity index (χ1n) is 3.58. The van der Waals surface area contributed by atoms with Crippen LogP contribution in [0.15, 0.2) is 6.07 Å². The molecule has 1 aromatic heterocycles. The zero-order chi connectivity index (χ0) is 8.43. The van der Waals surface area contributed by atoms with Gasteiger partial charge in [0.1, 0.15) is 9.52 Å². The first-order valence-corrected chi connectivity index (χ1v) is 4.66. The number of hydrogen-bond acceptors (Lipinski definition) is 2. The summed E-state index contributed by atoms with van der Waals surface area (Å²) < 4.78 is 2.80. The van der Waals surface area contributed by atoms with Gasteiger partial charge in [-0.1, -0.05) is 13.8 Å². The summed E-state index contributed by atoms with van der Waals surface area (Å²) in [5.41, 5.74) is 5.69. The monoisotopic (exact) mass is 265 g/mol. The van der Waals surface area contributed by atoms with E-state index in [0.29, 0.717) is 5.92 Å². The van der Waals surface area contributed by atoms with Crippen LogP contribution in [0.4, 0.5) is 5.82 Å². The molecule has 0 aromatic carbocycles. The van der Waals surface area contributed by atoms with Crippen molar-refractivity contribution in [3.63, 3.8) is 0 Å². The Morgan fingerprint density at radius 1 is 1.73 bits per heavy atom. The molecule has 0 bridgehead atoms. The van der Waals surface area contributed by atoms with E-state index in [1.807, 2.05) is 10.7 Å². The van der Waals surface area contributed by atoms with Gasteiger partial charge in [-0.25, -0.2) is 4.68 Å². The Morgan fingerprint density at radius 3 is 2.73 bits per heavy atom. The standard InChI is InChI=1S/C7H12IN3/c1-5(2)4-11-7(9)3-6(8)10-11/h3,5H,4,9H2,1-2H3. The van der Waals surface area contributed by atoms with E-state index in [4.69, 9.17) is 5.73 Å². The number of nitrogens with zero attached hydrogens (tertiary/aromatic N) is 2. The van der Waals surface area contributed by atoms with Gasteiger partial charge in [0.15, 0.2) is 0 Å². The van der Waals surface area contributed by atoms with Crippen molar-refractivity contribution in [2.45, 2.75) is 20.4 Å². The highest BCUT2D eigenvalue weighted by Gasteiger charge is 2.03. The molecular formula is C7H12IN3. The van der Waals surface area contributed by atoms with Gasteiger partial charge in [-0.2, -0.15) is 5.10 Å². The number of aromatic nitrogens is 2. The van der Waals surface area contributed by atoms with E-state index < -0.39 is 0 Å². The third-order valence-electron chi connectivity index (χ3n) is 1.32. The zero-order valence-corrected chi connectivity index (χ0v) is 8.87. The molecule has 1 aromatic rings.